The summed E-state index contributed by atoms with van der Waals surface area (Å²) in [5.74, 6) is 1.75. The van der Waals surface area contributed by atoms with Gasteiger partial charge in [0, 0.05) is 6.04 Å². The van der Waals surface area contributed by atoms with E-state index in [1.165, 1.54) is 45.2 Å². The molecule has 2 atom stereocenters. The maximum Gasteiger partial charge on any atom is 0.0121 e. The van der Waals surface area contributed by atoms with Crippen molar-refractivity contribution >= 4 is 0 Å². The van der Waals surface area contributed by atoms with E-state index in [1.54, 1.807) is 0 Å². The van der Waals surface area contributed by atoms with E-state index in [0.717, 1.165) is 17.9 Å². The van der Waals surface area contributed by atoms with Crippen molar-refractivity contribution in [2.45, 2.75) is 65.8 Å². The standard InChI is InChI=1S/C14H29N/c1-5-6-9-15-10-7-8-14(15)13(4)11-12(2)3/h12-14H,5-11H2,1-4H3/t13-,14?/m1/s1. The third-order valence-corrected chi connectivity index (χ3v) is 3.71. The minimum absolute atomic E-state index is 0.855. The summed E-state index contributed by atoms with van der Waals surface area (Å²) in [5.41, 5.74) is 0. The molecule has 1 unspecified atom stereocenters. The minimum atomic E-state index is 0.855. The van der Waals surface area contributed by atoms with Crippen LogP contribution in [0.5, 0.6) is 0 Å². The van der Waals surface area contributed by atoms with Gasteiger partial charge in [0.2, 0.25) is 0 Å². The van der Waals surface area contributed by atoms with Crippen molar-refractivity contribution in [3.05, 3.63) is 0 Å². The molecule has 0 aromatic rings. The maximum atomic E-state index is 2.75. The van der Waals surface area contributed by atoms with E-state index >= 15 is 0 Å². The lowest BCUT2D eigenvalue weighted by molar-refractivity contribution is 0.179. The second-order valence-corrected chi connectivity index (χ2v) is 5.71. The van der Waals surface area contributed by atoms with Crippen LogP contribution in [0, 0.1) is 11.8 Å². The second kappa shape index (κ2) is 6.52. The molecule has 1 fully saturated rings. The molecule has 1 heteroatoms. The molecule has 90 valence electrons. The molecular weight excluding hydrogens is 182 g/mol. The van der Waals surface area contributed by atoms with Crippen LogP contribution in [-0.2, 0) is 0 Å². The molecule has 0 aromatic carbocycles. The summed E-state index contributed by atoms with van der Waals surface area (Å²) in [6.45, 7) is 12.1. The third kappa shape index (κ3) is 4.14. The van der Waals surface area contributed by atoms with Crippen molar-refractivity contribution in [2.75, 3.05) is 13.1 Å². The molecule has 1 saturated heterocycles. The molecule has 1 nitrogen and oxygen atoms in total. The molecule has 1 aliphatic rings. The summed E-state index contributed by atoms with van der Waals surface area (Å²) >= 11 is 0. The van der Waals surface area contributed by atoms with E-state index in [-0.39, 0.29) is 0 Å². The van der Waals surface area contributed by atoms with Gasteiger partial charge >= 0.3 is 0 Å². The van der Waals surface area contributed by atoms with Gasteiger partial charge in [0.25, 0.3) is 0 Å². The lowest BCUT2D eigenvalue weighted by Crippen LogP contribution is -2.35. The average molecular weight is 211 g/mol. The highest BCUT2D eigenvalue weighted by Crippen LogP contribution is 2.28. The first-order chi connectivity index (χ1) is 7.15. The average Bonchev–Trinajstić information content (AvgIpc) is 2.61. The fourth-order valence-corrected chi connectivity index (χ4v) is 3.04. The van der Waals surface area contributed by atoms with E-state index in [9.17, 15) is 0 Å². The minimum Gasteiger partial charge on any atom is -0.300 e. The molecule has 1 heterocycles. The Morgan fingerprint density at radius 2 is 2.00 bits per heavy atom. The second-order valence-electron chi connectivity index (χ2n) is 5.71. The van der Waals surface area contributed by atoms with Gasteiger partial charge in [-0.25, -0.2) is 0 Å². The van der Waals surface area contributed by atoms with Gasteiger partial charge in [0.1, 0.15) is 0 Å². The van der Waals surface area contributed by atoms with Crippen molar-refractivity contribution in [1.29, 1.82) is 0 Å². The summed E-state index contributed by atoms with van der Waals surface area (Å²) in [4.78, 5) is 2.75. The first-order valence-electron chi connectivity index (χ1n) is 6.89. The highest BCUT2D eigenvalue weighted by atomic mass is 15.2. The van der Waals surface area contributed by atoms with Gasteiger partial charge in [-0.15, -0.1) is 0 Å². The summed E-state index contributed by atoms with van der Waals surface area (Å²) in [5, 5.41) is 0. The van der Waals surface area contributed by atoms with Crippen molar-refractivity contribution < 1.29 is 0 Å². The van der Waals surface area contributed by atoms with Gasteiger partial charge in [-0.3, -0.25) is 0 Å². The molecule has 0 bridgehead atoms. The van der Waals surface area contributed by atoms with Crippen LogP contribution in [0.3, 0.4) is 0 Å². The monoisotopic (exact) mass is 211 g/mol. The number of hydrogen-bond acceptors (Lipinski definition) is 1. The lowest BCUT2D eigenvalue weighted by Gasteiger charge is -2.30. The molecule has 0 aromatic heterocycles. The zero-order valence-electron chi connectivity index (χ0n) is 11.1. The summed E-state index contributed by atoms with van der Waals surface area (Å²) < 4.78 is 0. The number of rotatable bonds is 6. The van der Waals surface area contributed by atoms with E-state index in [4.69, 9.17) is 0 Å². The zero-order chi connectivity index (χ0) is 11.3. The van der Waals surface area contributed by atoms with Crippen LogP contribution in [0.25, 0.3) is 0 Å². The molecule has 15 heavy (non-hydrogen) atoms. The van der Waals surface area contributed by atoms with Gasteiger partial charge in [-0.1, -0.05) is 34.1 Å². The SMILES string of the molecule is CCCCN1CCCC1[C@H](C)CC(C)C. The normalized spacial score (nSPS) is 25.0. The summed E-state index contributed by atoms with van der Waals surface area (Å²) in [7, 11) is 0. The Balaban J connectivity index is 2.37. The smallest absolute Gasteiger partial charge is 0.0121 e. The van der Waals surface area contributed by atoms with Crippen molar-refractivity contribution in [3.63, 3.8) is 0 Å². The molecule has 0 spiro atoms. The third-order valence-electron chi connectivity index (χ3n) is 3.71. The Hall–Kier alpha value is -0.0400. The number of hydrogen-bond donors (Lipinski definition) is 0. The molecular formula is C14H29N. The largest absolute Gasteiger partial charge is 0.300 e. The van der Waals surface area contributed by atoms with Gasteiger partial charge in [-0.2, -0.15) is 0 Å². The Bertz CT molecular complexity index is 165. The molecule has 0 radical (unpaired) electrons. The highest BCUT2D eigenvalue weighted by Gasteiger charge is 2.28. The number of nitrogens with zero attached hydrogens (tertiary/aromatic N) is 1. The molecule has 0 amide bonds. The van der Waals surface area contributed by atoms with E-state index in [0.29, 0.717) is 0 Å². The van der Waals surface area contributed by atoms with E-state index in [2.05, 4.69) is 32.6 Å². The van der Waals surface area contributed by atoms with E-state index < -0.39 is 0 Å². The molecule has 0 saturated carbocycles. The first kappa shape index (κ1) is 13.0. The Morgan fingerprint density at radius 1 is 1.27 bits per heavy atom. The van der Waals surface area contributed by atoms with Crippen LogP contribution >= 0.6 is 0 Å². The predicted octanol–water partition coefficient (Wildman–Crippen LogP) is 3.93. The number of likely N-dealkylation sites (tertiary alicyclic amines) is 1. The summed E-state index contributed by atoms with van der Waals surface area (Å²) in [6, 6.07) is 0.888. The molecule has 1 aliphatic heterocycles. The van der Waals surface area contributed by atoms with Crippen LogP contribution in [-0.4, -0.2) is 24.0 Å². The van der Waals surface area contributed by atoms with Crippen LogP contribution in [0.1, 0.15) is 59.8 Å². The van der Waals surface area contributed by atoms with Gasteiger partial charge in [0.05, 0.1) is 0 Å². The Labute approximate surface area is 96.2 Å². The predicted molar refractivity (Wildman–Crippen MR) is 68.1 cm³/mol. The quantitative estimate of drug-likeness (QED) is 0.643. The Morgan fingerprint density at radius 3 is 2.60 bits per heavy atom. The zero-order valence-corrected chi connectivity index (χ0v) is 11.1. The van der Waals surface area contributed by atoms with Crippen molar-refractivity contribution in [3.8, 4) is 0 Å². The number of unbranched alkanes of at least 4 members (excludes halogenated alkanes) is 1. The van der Waals surface area contributed by atoms with Crippen molar-refractivity contribution in [1.82, 2.24) is 4.90 Å². The first-order valence-corrected chi connectivity index (χ1v) is 6.89. The van der Waals surface area contributed by atoms with Gasteiger partial charge in [-0.05, 0) is 50.6 Å². The Kier molecular flexibility index (Phi) is 5.66. The fraction of sp³-hybridized carbons (Fsp3) is 1.00. The lowest BCUT2D eigenvalue weighted by atomic mass is 9.90. The van der Waals surface area contributed by atoms with Gasteiger partial charge in [0.15, 0.2) is 0 Å². The molecule has 0 N–H and O–H groups in total. The highest BCUT2D eigenvalue weighted by molar-refractivity contribution is 4.83. The fourth-order valence-electron chi connectivity index (χ4n) is 3.04. The van der Waals surface area contributed by atoms with Gasteiger partial charge < -0.3 is 4.90 Å². The summed E-state index contributed by atoms with van der Waals surface area (Å²) in [6.07, 6.45) is 6.98. The van der Waals surface area contributed by atoms with Crippen LogP contribution < -0.4 is 0 Å². The van der Waals surface area contributed by atoms with Crippen LogP contribution in [0.15, 0.2) is 0 Å². The van der Waals surface area contributed by atoms with E-state index in [1.807, 2.05) is 0 Å². The van der Waals surface area contributed by atoms with Crippen molar-refractivity contribution in [2.24, 2.45) is 11.8 Å². The topological polar surface area (TPSA) is 3.24 Å². The van der Waals surface area contributed by atoms with Crippen LogP contribution in [0.4, 0.5) is 0 Å². The molecule has 1 rings (SSSR count). The molecule has 0 aliphatic carbocycles. The maximum absolute atomic E-state index is 2.75. The van der Waals surface area contributed by atoms with Crippen LogP contribution in [0.2, 0.25) is 0 Å².